The number of aliphatic hydroxyl groups is 1. The number of hydrogen-bond acceptors (Lipinski definition) is 3. The average Bonchev–Trinajstić information content (AvgIpc) is 3.10. The molecule has 1 atom stereocenters. The molecule has 1 saturated heterocycles. The summed E-state index contributed by atoms with van der Waals surface area (Å²) in [5.41, 5.74) is 0.0555. The Morgan fingerprint density at radius 2 is 1.95 bits per heavy atom. The van der Waals surface area contributed by atoms with Gasteiger partial charge in [0, 0.05) is 29.3 Å². The molecule has 2 N–H and O–H groups in total. The van der Waals surface area contributed by atoms with Crippen LogP contribution in [-0.4, -0.2) is 35.7 Å². The van der Waals surface area contributed by atoms with Crippen molar-refractivity contribution in [1.82, 2.24) is 5.32 Å². The normalized spacial score (nSPS) is 24.3. The van der Waals surface area contributed by atoms with Crippen molar-refractivity contribution in [1.29, 1.82) is 0 Å². The zero-order valence-electron chi connectivity index (χ0n) is 12.0. The number of halogens is 1. The van der Waals surface area contributed by atoms with Crippen molar-refractivity contribution in [2.75, 3.05) is 18.0 Å². The van der Waals surface area contributed by atoms with Crippen molar-refractivity contribution in [3.8, 4) is 0 Å². The number of nitrogens with one attached hydrogen (secondary N) is 1. The van der Waals surface area contributed by atoms with E-state index < -0.39 is 5.60 Å². The van der Waals surface area contributed by atoms with Gasteiger partial charge in [0.25, 0.3) is 5.91 Å². The van der Waals surface area contributed by atoms with E-state index in [1.807, 2.05) is 12.1 Å². The number of benzene rings is 1. The molecule has 2 aliphatic rings. The lowest BCUT2D eigenvalue weighted by Crippen LogP contribution is -2.49. The van der Waals surface area contributed by atoms with Crippen LogP contribution in [0.5, 0.6) is 0 Å². The minimum absolute atomic E-state index is 0.130. The maximum atomic E-state index is 12.2. The Labute approximate surface area is 133 Å². The van der Waals surface area contributed by atoms with Gasteiger partial charge in [-0.2, -0.15) is 0 Å². The van der Waals surface area contributed by atoms with Gasteiger partial charge in [0.05, 0.1) is 0 Å². The maximum absolute atomic E-state index is 12.2. The largest absolute Gasteiger partial charge is 0.380 e. The number of rotatable bonds is 3. The summed E-state index contributed by atoms with van der Waals surface area (Å²) in [5.74, 6) is -0.178. The number of carbonyl (C=O) groups excluding carboxylic acids is 1. The van der Waals surface area contributed by atoms with Gasteiger partial charge >= 0.3 is 0 Å². The second kappa shape index (κ2) is 5.97. The molecule has 1 aliphatic carbocycles. The van der Waals surface area contributed by atoms with Crippen molar-refractivity contribution in [2.45, 2.75) is 43.7 Å². The van der Waals surface area contributed by atoms with Crippen molar-refractivity contribution >= 4 is 27.5 Å². The fraction of sp³-hybridized carbons (Fsp3) is 0.562. The van der Waals surface area contributed by atoms with E-state index in [9.17, 15) is 9.90 Å². The first kappa shape index (κ1) is 14.9. The summed E-state index contributed by atoms with van der Waals surface area (Å²) in [7, 11) is 0. The molecular formula is C16H21BrN2O2. The molecule has 0 spiro atoms. The van der Waals surface area contributed by atoms with E-state index >= 15 is 0 Å². The van der Waals surface area contributed by atoms with Gasteiger partial charge in [-0.25, -0.2) is 0 Å². The maximum Gasteiger partial charge on any atom is 0.252 e. The molecule has 3 rings (SSSR count). The first-order chi connectivity index (χ1) is 10.1. The van der Waals surface area contributed by atoms with Crippen molar-refractivity contribution < 1.29 is 9.90 Å². The predicted octanol–water partition coefficient (Wildman–Crippen LogP) is 2.45. The number of carbonyl (C=O) groups is 1. The van der Waals surface area contributed by atoms with Crippen LogP contribution >= 0.6 is 15.9 Å². The fourth-order valence-electron chi connectivity index (χ4n) is 3.27. The zero-order chi connectivity index (χ0) is 14.9. The Morgan fingerprint density at radius 3 is 2.62 bits per heavy atom. The standard InChI is InChI=1S/C16H21BrN2O2/c17-12-3-5-14(6-4-12)19-10-7-13(11-19)18-15(20)16(21)8-1-2-9-16/h3-6,13,21H,1-2,7-11H2,(H,18,20). The van der Waals surface area contributed by atoms with Crippen molar-refractivity contribution in [3.05, 3.63) is 28.7 Å². The molecule has 5 heteroatoms. The van der Waals surface area contributed by atoms with Gasteiger partial charge in [0.15, 0.2) is 0 Å². The van der Waals surface area contributed by atoms with Crippen LogP contribution in [-0.2, 0) is 4.79 Å². The van der Waals surface area contributed by atoms with Gasteiger partial charge in [0.2, 0.25) is 0 Å². The van der Waals surface area contributed by atoms with Crippen LogP contribution < -0.4 is 10.2 Å². The monoisotopic (exact) mass is 352 g/mol. The van der Waals surface area contributed by atoms with E-state index in [2.05, 4.69) is 38.3 Å². The number of nitrogens with zero attached hydrogens (tertiary/aromatic N) is 1. The number of amides is 1. The molecule has 1 aliphatic heterocycles. The molecule has 114 valence electrons. The molecule has 2 fully saturated rings. The summed E-state index contributed by atoms with van der Waals surface area (Å²) >= 11 is 3.44. The molecule has 1 heterocycles. The topological polar surface area (TPSA) is 52.6 Å². The van der Waals surface area contributed by atoms with Gasteiger partial charge in [0.1, 0.15) is 5.60 Å². The zero-order valence-corrected chi connectivity index (χ0v) is 13.6. The highest BCUT2D eigenvalue weighted by molar-refractivity contribution is 9.10. The van der Waals surface area contributed by atoms with Gasteiger partial charge < -0.3 is 15.3 Å². The first-order valence-electron chi connectivity index (χ1n) is 7.61. The van der Waals surface area contributed by atoms with Gasteiger partial charge in [-0.15, -0.1) is 0 Å². The van der Waals surface area contributed by atoms with Gasteiger partial charge in [-0.05, 0) is 56.4 Å². The van der Waals surface area contributed by atoms with Crippen LogP contribution in [0.1, 0.15) is 32.1 Å². The quantitative estimate of drug-likeness (QED) is 0.878. The summed E-state index contributed by atoms with van der Waals surface area (Å²) in [4.78, 5) is 14.5. The second-order valence-electron chi connectivity index (χ2n) is 6.12. The summed E-state index contributed by atoms with van der Waals surface area (Å²) in [6.07, 6.45) is 4.01. The lowest BCUT2D eigenvalue weighted by Gasteiger charge is -2.24. The Morgan fingerprint density at radius 1 is 1.29 bits per heavy atom. The SMILES string of the molecule is O=C(NC1CCN(c2ccc(Br)cc2)C1)C1(O)CCCC1. The highest BCUT2D eigenvalue weighted by Crippen LogP contribution is 2.30. The van der Waals surface area contributed by atoms with Crippen LogP contribution in [0.2, 0.25) is 0 Å². The molecule has 0 aromatic heterocycles. The van der Waals surface area contributed by atoms with Crippen LogP contribution in [0.4, 0.5) is 5.69 Å². The van der Waals surface area contributed by atoms with Crippen LogP contribution in [0, 0.1) is 0 Å². The van der Waals surface area contributed by atoms with E-state index in [0.717, 1.165) is 36.8 Å². The van der Waals surface area contributed by atoms with Crippen molar-refractivity contribution in [2.24, 2.45) is 0 Å². The van der Waals surface area contributed by atoms with Crippen LogP contribution in [0.15, 0.2) is 28.7 Å². The fourth-order valence-corrected chi connectivity index (χ4v) is 3.54. The molecule has 1 aromatic carbocycles. The third-order valence-electron chi connectivity index (χ3n) is 4.57. The molecule has 0 radical (unpaired) electrons. The molecule has 1 aromatic rings. The number of hydrogen-bond donors (Lipinski definition) is 2. The third kappa shape index (κ3) is 3.24. The van der Waals surface area contributed by atoms with Crippen LogP contribution in [0.25, 0.3) is 0 Å². The smallest absolute Gasteiger partial charge is 0.252 e. The van der Waals surface area contributed by atoms with E-state index in [-0.39, 0.29) is 11.9 Å². The van der Waals surface area contributed by atoms with Gasteiger partial charge in [-0.3, -0.25) is 4.79 Å². The number of anilines is 1. The Balaban J connectivity index is 1.57. The highest BCUT2D eigenvalue weighted by atomic mass is 79.9. The Bertz CT molecular complexity index is 512. The lowest BCUT2D eigenvalue weighted by atomic mass is 10.0. The molecular weight excluding hydrogens is 332 g/mol. The minimum atomic E-state index is -1.12. The summed E-state index contributed by atoms with van der Waals surface area (Å²) in [6.45, 7) is 1.74. The third-order valence-corrected chi connectivity index (χ3v) is 5.10. The minimum Gasteiger partial charge on any atom is -0.380 e. The van der Waals surface area contributed by atoms with E-state index in [1.54, 1.807) is 0 Å². The molecule has 4 nitrogen and oxygen atoms in total. The second-order valence-corrected chi connectivity index (χ2v) is 7.04. The van der Waals surface area contributed by atoms with Crippen molar-refractivity contribution in [3.63, 3.8) is 0 Å². The van der Waals surface area contributed by atoms with E-state index in [1.165, 1.54) is 5.69 Å². The molecule has 0 bridgehead atoms. The van der Waals surface area contributed by atoms with E-state index in [4.69, 9.17) is 0 Å². The summed E-state index contributed by atoms with van der Waals surface area (Å²) in [6, 6.07) is 8.36. The van der Waals surface area contributed by atoms with Crippen LogP contribution in [0.3, 0.4) is 0 Å². The summed E-state index contributed by atoms with van der Waals surface area (Å²) in [5, 5.41) is 13.3. The summed E-state index contributed by atoms with van der Waals surface area (Å²) < 4.78 is 1.07. The molecule has 21 heavy (non-hydrogen) atoms. The highest BCUT2D eigenvalue weighted by Gasteiger charge is 2.40. The average molecular weight is 353 g/mol. The Hall–Kier alpha value is -1.07. The van der Waals surface area contributed by atoms with E-state index in [0.29, 0.717) is 12.8 Å². The van der Waals surface area contributed by atoms with Gasteiger partial charge in [-0.1, -0.05) is 15.9 Å². The molecule has 1 amide bonds. The lowest BCUT2D eigenvalue weighted by molar-refractivity contribution is -0.139. The molecule has 1 saturated carbocycles. The predicted molar refractivity (Wildman–Crippen MR) is 86.3 cm³/mol. The Kier molecular flexibility index (Phi) is 4.22. The first-order valence-corrected chi connectivity index (χ1v) is 8.40. The molecule has 1 unspecified atom stereocenters.